The molecule has 86 valence electrons. The van der Waals surface area contributed by atoms with Crippen molar-refractivity contribution < 1.29 is 0 Å². The molecule has 3 aliphatic rings. The van der Waals surface area contributed by atoms with Gasteiger partial charge in [-0.15, -0.1) is 0 Å². The number of nitrogens with zero attached hydrogens (tertiary/aromatic N) is 1. The SMILES string of the molecule is CC1(C)CNC(C2CC2)CN1CC1CC1. The molecule has 0 spiro atoms. The zero-order valence-electron chi connectivity index (χ0n) is 10.1. The van der Waals surface area contributed by atoms with E-state index in [0.29, 0.717) is 5.54 Å². The molecular weight excluding hydrogens is 184 g/mol. The van der Waals surface area contributed by atoms with E-state index in [4.69, 9.17) is 0 Å². The van der Waals surface area contributed by atoms with Gasteiger partial charge in [-0.05, 0) is 51.4 Å². The van der Waals surface area contributed by atoms with E-state index in [9.17, 15) is 0 Å². The second-order valence-corrected chi connectivity index (χ2v) is 6.49. The summed E-state index contributed by atoms with van der Waals surface area (Å²) < 4.78 is 0. The molecule has 15 heavy (non-hydrogen) atoms. The van der Waals surface area contributed by atoms with Crippen LogP contribution in [0.25, 0.3) is 0 Å². The third-order valence-corrected chi connectivity index (χ3v) is 4.44. The minimum absolute atomic E-state index is 0.383. The molecule has 2 aliphatic carbocycles. The lowest BCUT2D eigenvalue weighted by atomic mass is 9.95. The Bertz CT molecular complexity index is 241. The Kier molecular flexibility index (Phi) is 2.33. The van der Waals surface area contributed by atoms with Crippen LogP contribution in [0.4, 0.5) is 0 Å². The molecule has 1 unspecified atom stereocenters. The Balaban J connectivity index is 1.63. The van der Waals surface area contributed by atoms with Gasteiger partial charge in [-0.2, -0.15) is 0 Å². The standard InChI is InChI=1S/C13H24N2/c1-13(2)9-14-12(11-5-6-11)8-15(13)7-10-3-4-10/h10-12,14H,3-9H2,1-2H3. The maximum Gasteiger partial charge on any atom is 0.0278 e. The van der Waals surface area contributed by atoms with Crippen LogP contribution in [0.3, 0.4) is 0 Å². The number of rotatable bonds is 3. The van der Waals surface area contributed by atoms with Gasteiger partial charge in [0, 0.05) is 31.2 Å². The molecule has 3 rings (SSSR count). The highest BCUT2D eigenvalue weighted by atomic mass is 15.3. The predicted molar refractivity (Wildman–Crippen MR) is 62.9 cm³/mol. The van der Waals surface area contributed by atoms with Crippen molar-refractivity contribution in [2.45, 2.75) is 51.1 Å². The molecule has 0 radical (unpaired) electrons. The Labute approximate surface area is 93.4 Å². The summed E-state index contributed by atoms with van der Waals surface area (Å²) in [5.41, 5.74) is 0.383. The van der Waals surface area contributed by atoms with Crippen molar-refractivity contribution in [3.63, 3.8) is 0 Å². The van der Waals surface area contributed by atoms with E-state index >= 15 is 0 Å². The quantitative estimate of drug-likeness (QED) is 0.761. The molecule has 2 nitrogen and oxygen atoms in total. The normalized spacial score (nSPS) is 36.8. The summed E-state index contributed by atoms with van der Waals surface area (Å²) in [5.74, 6) is 2.03. The average Bonchev–Trinajstić information content (AvgIpc) is 2.98. The van der Waals surface area contributed by atoms with Gasteiger partial charge in [0.25, 0.3) is 0 Å². The van der Waals surface area contributed by atoms with Gasteiger partial charge in [0.15, 0.2) is 0 Å². The van der Waals surface area contributed by atoms with Crippen LogP contribution in [0.15, 0.2) is 0 Å². The average molecular weight is 208 g/mol. The van der Waals surface area contributed by atoms with Gasteiger partial charge in [-0.1, -0.05) is 0 Å². The molecule has 1 aliphatic heterocycles. The number of piperazine rings is 1. The van der Waals surface area contributed by atoms with Crippen LogP contribution in [0.1, 0.15) is 39.5 Å². The first-order valence-electron chi connectivity index (χ1n) is 6.63. The summed E-state index contributed by atoms with van der Waals surface area (Å²) in [6.07, 6.45) is 5.90. The van der Waals surface area contributed by atoms with Gasteiger partial charge >= 0.3 is 0 Å². The first-order valence-corrected chi connectivity index (χ1v) is 6.63. The summed E-state index contributed by atoms with van der Waals surface area (Å²) in [6.45, 7) is 8.63. The second kappa shape index (κ2) is 3.46. The van der Waals surface area contributed by atoms with Crippen LogP contribution in [0.5, 0.6) is 0 Å². The number of nitrogens with one attached hydrogen (secondary N) is 1. The predicted octanol–water partition coefficient (Wildman–Crippen LogP) is 1.86. The Morgan fingerprint density at radius 1 is 1.20 bits per heavy atom. The highest BCUT2D eigenvalue weighted by Gasteiger charge is 2.41. The fraction of sp³-hybridized carbons (Fsp3) is 1.00. The van der Waals surface area contributed by atoms with E-state index in [1.165, 1.54) is 45.3 Å². The lowest BCUT2D eigenvalue weighted by molar-refractivity contribution is 0.0563. The van der Waals surface area contributed by atoms with Crippen molar-refractivity contribution in [2.24, 2.45) is 11.8 Å². The van der Waals surface area contributed by atoms with Crippen molar-refractivity contribution in [1.82, 2.24) is 10.2 Å². The Morgan fingerprint density at radius 2 is 1.93 bits per heavy atom. The van der Waals surface area contributed by atoms with Gasteiger partial charge in [-0.3, -0.25) is 4.90 Å². The fourth-order valence-corrected chi connectivity index (χ4v) is 2.79. The van der Waals surface area contributed by atoms with Gasteiger partial charge < -0.3 is 5.32 Å². The molecule has 2 saturated carbocycles. The molecule has 1 heterocycles. The molecule has 0 aromatic rings. The fourth-order valence-electron chi connectivity index (χ4n) is 2.79. The lowest BCUT2D eigenvalue weighted by Crippen LogP contribution is -2.62. The highest BCUT2D eigenvalue weighted by molar-refractivity contribution is 4.99. The van der Waals surface area contributed by atoms with Crippen molar-refractivity contribution in [3.05, 3.63) is 0 Å². The molecule has 1 saturated heterocycles. The van der Waals surface area contributed by atoms with Gasteiger partial charge in [0.2, 0.25) is 0 Å². The van der Waals surface area contributed by atoms with Crippen LogP contribution in [0.2, 0.25) is 0 Å². The van der Waals surface area contributed by atoms with E-state index < -0.39 is 0 Å². The monoisotopic (exact) mass is 208 g/mol. The third-order valence-electron chi connectivity index (χ3n) is 4.44. The highest BCUT2D eigenvalue weighted by Crippen LogP contribution is 2.37. The topological polar surface area (TPSA) is 15.3 Å². The third kappa shape index (κ3) is 2.21. The minimum Gasteiger partial charge on any atom is -0.311 e. The van der Waals surface area contributed by atoms with Crippen LogP contribution in [-0.4, -0.2) is 36.1 Å². The summed E-state index contributed by atoms with van der Waals surface area (Å²) in [5, 5.41) is 3.75. The van der Waals surface area contributed by atoms with E-state index in [1.807, 2.05) is 0 Å². The maximum absolute atomic E-state index is 3.75. The molecule has 2 heteroatoms. The van der Waals surface area contributed by atoms with Crippen LogP contribution < -0.4 is 5.32 Å². The number of hydrogen-bond donors (Lipinski definition) is 1. The summed E-state index contributed by atoms with van der Waals surface area (Å²) in [6, 6.07) is 0.803. The first kappa shape index (κ1) is 10.1. The number of hydrogen-bond acceptors (Lipinski definition) is 2. The summed E-state index contributed by atoms with van der Waals surface area (Å²) >= 11 is 0. The minimum atomic E-state index is 0.383. The zero-order valence-corrected chi connectivity index (χ0v) is 10.1. The van der Waals surface area contributed by atoms with Crippen LogP contribution in [0, 0.1) is 11.8 Å². The lowest BCUT2D eigenvalue weighted by Gasteiger charge is -2.46. The zero-order chi connectivity index (χ0) is 10.5. The molecule has 3 fully saturated rings. The van der Waals surface area contributed by atoms with Gasteiger partial charge in [0.05, 0.1) is 0 Å². The van der Waals surface area contributed by atoms with E-state index in [-0.39, 0.29) is 0 Å². The first-order chi connectivity index (χ1) is 7.15. The Hall–Kier alpha value is -0.0800. The second-order valence-electron chi connectivity index (χ2n) is 6.49. The van der Waals surface area contributed by atoms with Crippen LogP contribution in [-0.2, 0) is 0 Å². The molecular formula is C13H24N2. The van der Waals surface area contributed by atoms with Crippen molar-refractivity contribution in [3.8, 4) is 0 Å². The molecule has 0 aromatic heterocycles. The maximum atomic E-state index is 3.75. The van der Waals surface area contributed by atoms with Gasteiger partial charge in [0.1, 0.15) is 0 Å². The molecule has 0 amide bonds. The summed E-state index contributed by atoms with van der Waals surface area (Å²) in [4.78, 5) is 2.75. The van der Waals surface area contributed by atoms with Crippen LogP contribution >= 0.6 is 0 Å². The largest absolute Gasteiger partial charge is 0.311 e. The van der Waals surface area contributed by atoms with E-state index in [0.717, 1.165) is 17.9 Å². The van der Waals surface area contributed by atoms with Crippen molar-refractivity contribution in [1.29, 1.82) is 0 Å². The smallest absolute Gasteiger partial charge is 0.0278 e. The molecule has 0 bridgehead atoms. The van der Waals surface area contributed by atoms with Crippen molar-refractivity contribution >= 4 is 0 Å². The Morgan fingerprint density at radius 3 is 2.53 bits per heavy atom. The van der Waals surface area contributed by atoms with E-state index in [2.05, 4.69) is 24.1 Å². The van der Waals surface area contributed by atoms with Crippen molar-refractivity contribution in [2.75, 3.05) is 19.6 Å². The van der Waals surface area contributed by atoms with E-state index in [1.54, 1.807) is 0 Å². The molecule has 1 N–H and O–H groups in total. The summed E-state index contributed by atoms with van der Waals surface area (Å²) in [7, 11) is 0. The molecule has 1 atom stereocenters. The van der Waals surface area contributed by atoms with Gasteiger partial charge in [-0.25, -0.2) is 0 Å². The molecule has 0 aromatic carbocycles.